The number of nitrogens with one attached hydrogen (secondary N) is 6. The van der Waals surface area contributed by atoms with Crippen molar-refractivity contribution in [3.8, 4) is 0 Å². The van der Waals surface area contributed by atoms with E-state index in [0.29, 0.717) is 45.9 Å². The van der Waals surface area contributed by atoms with Gasteiger partial charge in [0.15, 0.2) is 15.1 Å². The molecular weight excluding hydrogens is 1330 g/mol. The number of aryl methyl sites for hydroxylation is 2. The van der Waals surface area contributed by atoms with Crippen LogP contribution >= 0.6 is 0 Å². The number of hydrogen-bond acceptors (Lipinski definition) is 15. The number of fused-ring (bicyclic) bond motifs is 2. The van der Waals surface area contributed by atoms with Crippen LogP contribution in [0.25, 0.3) is 0 Å². The van der Waals surface area contributed by atoms with Gasteiger partial charge < -0.3 is 30.7 Å². The molecule has 0 bridgehead atoms. The average molecular weight is 1440 g/mol. The Kier molecular flexibility index (Phi) is 27.3. The van der Waals surface area contributed by atoms with Gasteiger partial charge in [0, 0.05) is 59.9 Å². The number of benzene rings is 3. The van der Waals surface area contributed by atoms with Crippen molar-refractivity contribution in [2.24, 2.45) is 0 Å². The Morgan fingerprint density at radius 2 is 0.747 bits per heavy atom. The molecule has 2 atom stereocenters. The van der Waals surface area contributed by atoms with Gasteiger partial charge in [0.2, 0.25) is 0 Å². The summed E-state index contributed by atoms with van der Waals surface area (Å²) in [5.41, 5.74) is 11.2. The highest BCUT2D eigenvalue weighted by Crippen LogP contribution is 2.40. The van der Waals surface area contributed by atoms with Gasteiger partial charge in [-0.15, -0.1) is 0 Å². The van der Waals surface area contributed by atoms with Gasteiger partial charge in [-0.25, -0.2) is 37.3 Å². The SMILES string of the molecule is CC(C)c1cc(F)cc(C(C)C)c1NC(=O)NS(=O)(=O)c1cc(CN(C)C)n(C(C)C)n1.CCC(c1cc(S(=O)(=O)NC(=O)Nc2c(C(C)C)cc(F)cc2C(C)C)nn1C(C)C)N(C)C.CCC(c1cc(S(=O)(=O)NC(=O)Nc2c3c(cc4c2CCC4)CCC3)nn1C(C)C)N(C)C. The monoisotopic (exact) mass is 1440 g/mol. The predicted molar refractivity (Wildman–Crippen MR) is 386 cm³/mol. The smallest absolute Gasteiger partial charge is 0.307 e. The van der Waals surface area contributed by atoms with Crippen LogP contribution in [0.5, 0.6) is 0 Å². The number of halogens is 2. The maximum atomic E-state index is 14.2. The molecule has 2 unspecified atom stereocenters. The van der Waals surface area contributed by atoms with Crippen molar-refractivity contribution in [3.05, 3.63) is 122 Å². The second kappa shape index (κ2) is 33.4. The number of carbonyl (C=O) groups excluding carboxylic acids is 3. The van der Waals surface area contributed by atoms with Gasteiger partial charge in [0.25, 0.3) is 30.1 Å². The number of sulfonamides is 3. The molecule has 3 aromatic heterocycles. The summed E-state index contributed by atoms with van der Waals surface area (Å²) in [7, 11) is -1.06. The summed E-state index contributed by atoms with van der Waals surface area (Å²) in [4.78, 5) is 44.4. The Bertz CT molecular complexity index is 4120. The molecule has 0 fully saturated rings. The van der Waals surface area contributed by atoms with Crippen LogP contribution in [0.4, 0.5) is 40.2 Å². The van der Waals surface area contributed by atoms with Crippen LogP contribution in [0.3, 0.4) is 0 Å². The van der Waals surface area contributed by atoms with E-state index in [1.165, 1.54) is 47.5 Å². The molecule has 3 aromatic carbocycles. The van der Waals surface area contributed by atoms with Crippen LogP contribution in [-0.4, -0.2) is 130 Å². The number of rotatable bonds is 24. The summed E-state index contributed by atoms with van der Waals surface area (Å²) in [6.07, 6.45) is 7.54. The number of amides is 6. The van der Waals surface area contributed by atoms with E-state index in [2.05, 4.69) is 53.7 Å². The van der Waals surface area contributed by atoms with Gasteiger partial charge in [0.05, 0.1) is 29.2 Å². The lowest BCUT2D eigenvalue weighted by Crippen LogP contribution is -2.35. The van der Waals surface area contributed by atoms with E-state index < -0.39 is 59.8 Å². The zero-order valence-electron chi connectivity index (χ0n) is 61.9. The molecule has 0 saturated heterocycles. The Labute approximate surface area is 586 Å². The lowest BCUT2D eigenvalue weighted by molar-refractivity contribution is 0.255. The highest BCUT2D eigenvalue weighted by Gasteiger charge is 2.33. The first-order chi connectivity index (χ1) is 46.0. The Balaban J connectivity index is 0.000000234. The van der Waals surface area contributed by atoms with Crippen molar-refractivity contribution < 1.29 is 48.4 Å². The minimum Gasteiger partial charge on any atom is -0.307 e. The predicted octanol–water partition coefficient (Wildman–Crippen LogP) is 13.8. The molecule has 2 aliphatic carbocycles. The van der Waals surface area contributed by atoms with Crippen molar-refractivity contribution in [2.45, 2.75) is 238 Å². The number of urea groups is 3. The van der Waals surface area contributed by atoms with Crippen LogP contribution in [-0.2, 0) is 62.3 Å². The van der Waals surface area contributed by atoms with Crippen molar-refractivity contribution >= 4 is 65.2 Å². The van der Waals surface area contributed by atoms with Crippen LogP contribution in [0.2, 0.25) is 0 Å². The minimum atomic E-state index is -4.24. The lowest BCUT2D eigenvalue weighted by Gasteiger charge is -2.24. The van der Waals surface area contributed by atoms with E-state index in [9.17, 15) is 48.4 Å². The van der Waals surface area contributed by atoms with E-state index in [-0.39, 0.29) is 69.0 Å². The number of aromatic nitrogens is 6. The molecule has 6 amide bonds. The van der Waals surface area contributed by atoms with Crippen molar-refractivity contribution in [1.82, 2.24) is 58.2 Å². The largest absolute Gasteiger partial charge is 0.333 e. The molecule has 3 heterocycles. The molecular formula is C70H107F2N15O9S3. The van der Waals surface area contributed by atoms with E-state index in [1.54, 1.807) is 20.1 Å². The number of carbonyl (C=O) groups is 3. The lowest BCUT2D eigenvalue weighted by atomic mass is 9.92. The first-order valence-electron chi connectivity index (χ1n) is 34.1. The highest BCUT2D eigenvalue weighted by molar-refractivity contribution is 7.90. The van der Waals surface area contributed by atoms with E-state index in [1.807, 2.05) is 166 Å². The summed E-state index contributed by atoms with van der Waals surface area (Å²) < 4.78 is 118. The quantitative estimate of drug-likeness (QED) is 0.0328. The first-order valence-corrected chi connectivity index (χ1v) is 38.6. The topological polar surface area (TPSA) is 289 Å². The van der Waals surface area contributed by atoms with E-state index >= 15 is 0 Å². The van der Waals surface area contributed by atoms with Crippen molar-refractivity contribution in [2.75, 3.05) is 58.2 Å². The van der Waals surface area contributed by atoms with Crippen molar-refractivity contribution in [1.29, 1.82) is 0 Å². The normalized spacial score (nSPS) is 13.9. The molecule has 6 N–H and O–H groups in total. The highest BCUT2D eigenvalue weighted by atomic mass is 32.2. The third-order valence-corrected chi connectivity index (χ3v) is 21.0. The number of anilines is 3. The zero-order chi connectivity index (χ0) is 74.2. The first kappa shape index (κ1) is 80.7. The van der Waals surface area contributed by atoms with E-state index in [4.69, 9.17) is 0 Å². The molecule has 2 aliphatic rings. The summed E-state index contributed by atoms with van der Waals surface area (Å²) in [6.45, 7) is 31.2. The van der Waals surface area contributed by atoms with Crippen molar-refractivity contribution in [3.63, 3.8) is 0 Å². The molecule has 6 aromatic rings. The summed E-state index contributed by atoms with van der Waals surface area (Å²) >= 11 is 0. The third kappa shape index (κ3) is 19.8. The minimum absolute atomic E-state index is 0.0127. The standard InChI is InChI=1S/C24H38FN5O3S.C24H35N5O3S.C22H34FN5O3S/c1-10-20(29(8)9)21-13-22(27-30(21)16(6)7)34(32,33)28-24(31)26-23-18(14(2)3)11-17(25)12-19(23)15(4)5;1-6-20(28(4)5)21-14-22(26-29(21)15(2)3)33(31,32)27-24(30)25-23-18-11-7-9-16(18)13-17-10-8-12-19(17)23;1-13(2)18-9-16(23)10-19(14(3)4)21(18)24-22(29)26-32(30,31)20-11-17(12-27(7)8)28(25-20)15(5)6/h11-16,20H,10H2,1-9H3,(H2,26,28,31);13-15,20H,6-12H2,1-5H3,(H2,25,27,30);9-11,13-15H,12H2,1-8H3,(H2,24,26,29). The zero-order valence-corrected chi connectivity index (χ0v) is 64.3. The molecule has 0 aliphatic heterocycles. The maximum absolute atomic E-state index is 14.2. The summed E-state index contributed by atoms with van der Waals surface area (Å²) in [6, 6.07) is 9.57. The number of hydrogen-bond donors (Lipinski definition) is 6. The fourth-order valence-electron chi connectivity index (χ4n) is 12.8. The Hall–Kier alpha value is -7.31. The molecule has 99 heavy (non-hydrogen) atoms. The van der Waals surface area contributed by atoms with Gasteiger partial charge in [-0.05, 0) is 228 Å². The second-order valence-corrected chi connectivity index (χ2v) is 33.3. The maximum Gasteiger partial charge on any atom is 0.333 e. The van der Waals surface area contributed by atoms with Crippen LogP contribution in [0.15, 0.2) is 63.6 Å². The van der Waals surface area contributed by atoms with E-state index in [0.717, 1.165) is 79.6 Å². The van der Waals surface area contributed by atoms with Crippen LogP contribution < -0.4 is 30.1 Å². The Morgan fingerprint density at radius 1 is 0.444 bits per heavy atom. The average Bonchev–Trinajstić information content (AvgIpc) is 1.65. The van der Waals surface area contributed by atoms with Gasteiger partial charge in [-0.3, -0.25) is 14.0 Å². The molecule has 0 spiro atoms. The second-order valence-electron chi connectivity index (χ2n) is 28.4. The Morgan fingerprint density at radius 3 is 1.03 bits per heavy atom. The fraction of sp³-hybridized carbons (Fsp3) is 0.571. The molecule has 0 saturated carbocycles. The van der Waals surface area contributed by atoms with Gasteiger partial charge in [-0.1, -0.05) is 75.3 Å². The summed E-state index contributed by atoms with van der Waals surface area (Å²) in [5, 5.41) is 20.5. The summed E-state index contributed by atoms with van der Waals surface area (Å²) in [5.74, 6) is -1.12. The van der Waals surface area contributed by atoms with Gasteiger partial charge in [0.1, 0.15) is 11.6 Å². The molecule has 24 nitrogen and oxygen atoms in total. The molecule has 29 heteroatoms. The molecule has 8 rings (SSSR count). The molecule has 0 radical (unpaired) electrons. The third-order valence-electron chi connectivity index (χ3n) is 17.4. The molecule has 548 valence electrons. The van der Waals surface area contributed by atoms with Crippen LogP contribution in [0.1, 0.15) is 252 Å². The van der Waals surface area contributed by atoms with Crippen LogP contribution in [0, 0.1) is 11.6 Å². The number of nitrogens with zero attached hydrogens (tertiary/aromatic N) is 9. The fourth-order valence-corrected chi connectivity index (χ4v) is 15.4. The van der Waals surface area contributed by atoms with Gasteiger partial charge >= 0.3 is 18.1 Å². The van der Waals surface area contributed by atoms with Gasteiger partial charge in [-0.2, -0.15) is 40.5 Å².